The highest BCUT2D eigenvalue weighted by molar-refractivity contribution is 5.97. The van der Waals surface area contributed by atoms with Gasteiger partial charge in [0.25, 0.3) is 0 Å². The van der Waals surface area contributed by atoms with Crippen molar-refractivity contribution in [1.82, 2.24) is 9.78 Å². The first-order valence-corrected chi connectivity index (χ1v) is 5.76. The standard InChI is InChI=1S/C13H15FN4O/c1-17-8-9(7-16-17)12(15)13(19)18(2)11-5-3-4-10(14)6-11/h3-8,12H,15H2,1-2H3. The van der Waals surface area contributed by atoms with Crippen LogP contribution in [0.4, 0.5) is 10.1 Å². The molecule has 2 rings (SSSR count). The molecule has 19 heavy (non-hydrogen) atoms. The van der Waals surface area contributed by atoms with Crippen LogP contribution in [0.15, 0.2) is 36.7 Å². The van der Waals surface area contributed by atoms with Gasteiger partial charge in [-0.1, -0.05) is 6.07 Å². The lowest BCUT2D eigenvalue weighted by Gasteiger charge is -2.20. The molecule has 0 saturated heterocycles. The number of hydrogen-bond acceptors (Lipinski definition) is 3. The van der Waals surface area contributed by atoms with Crippen molar-refractivity contribution in [2.45, 2.75) is 6.04 Å². The van der Waals surface area contributed by atoms with E-state index in [0.717, 1.165) is 0 Å². The van der Waals surface area contributed by atoms with Crippen molar-refractivity contribution in [2.24, 2.45) is 12.8 Å². The third-order valence-corrected chi connectivity index (χ3v) is 2.88. The van der Waals surface area contributed by atoms with E-state index < -0.39 is 11.9 Å². The molecule has 0 aliphatic carbocycles. The van der Waals surface area contributed by atoms with Gasteiger partial charge in [0.2, 0.25) is 5.91 Å². The molecular weight excluding hydrogens is 247 g/mol. The highest BCUT2D eigenvalue weighted by Crippen LogP contribution is 2.18. The molecule has 0 spiro atoms. The smallest absolute Gasteiger partial charge is 0.248 e. The molecule has 2 aromatic rings. The second kappa shape index (κ2) is 5.19. The number of nitrogens with two attached hydrogens (primary N) is 1. The Morgan fingerprint density at radius 3 is 2.84 bits per heavy atom. The first-order valence-electron chi connectivity index (χ1n) is 5.76. The van der Waals surface area contributed by atoms with E-state index in [1.807, 2.05) is 0 Å². The van der Waals surface area contributed by atoms with Gasteiger partial charge in [-0.25, -0.2) is 4.39 Å². The lowest BCUT2D eigenvalue weighted by Crippen LogP contribution is -2.35. The Morgan fingerprint density at radius 2 is 2.26 bits per heavy atom. The predicted molar refractivity (Wildman–Crippen MR) is 69.9 cm³/mol. The molecule has 100 valence electrons. The average Bonchev–Trinajstić information content (AvgIpc) is 2.83. The summed E-state index contributed by atoms with van der Waals surface area (Å²) in [4.78, 5) is 13.5. The Morgan fingerprint density at radius 1 is 1.53 bits per heavy atom. The molecule has 0 saturated carbocycles. The molecule has 6 heteroatoms. The monoisotopic (exact) mass is 262 g/mol. The second-order valence-corrected chi connectivity index (χ2v) is 4.30. The third-order valence-electron chi connectivity index (χ3n) is 2.88. The summed E-state index contributed by atoms with van der Waals surface area (Å²) in [6.45, 7) is 0. The van der Waals surface area contributed by atoms with Crippen LogP contribution < -0.4 is 10.6 Å². The van der Waals surface area contributed by atoms with Gasteiger partial charge in [0, 0.05) is 31.5 Å². The van der Waals surface area contributed by atoms with E-state index in [2.05, 4.69) is 5.10 Å². The van der Waals surface area contributed by atoms with Crippen LogP contribution in [0.25, 0.3) is 0 Å². The molecule has 1 aromatic heterocycles. The molecule has 1 unspecified atom stereocenters. The number of anilines is 1. The van der Waals surface area contributed by atoms with Crippen molar-refractivity contribution in [1.29, 1.82) is 0 Å². The maximum Gasteiger partial charge on any atom is 0.248 e. The summed E-state index contributed by atoms with van der Waals surface area (Å²) in [7, 11) is 3.31. The Bertz CT molecular complexity index is 596. The molecule has 0 fully saturated rings. The first-order chi connectivity index (χ1) is 8.99. The zero-order valence-electron chi connectivity index (χ0n) is 10.7. The summed E-state index contributed by atoms with van der Waals surface area (Å²) in [6.07, 6.45) is 3.23. The van der Waals surface area contributed by atoms with E-state index in [0.29, 0.717) is 11.3 Å². The molecule has 1 amide bonds. The molecule has 5 nitrogen and oxygen atoms in total. The van der Waals surface area contributed by atoms with Gasteiger partial charge in [-0.15, -0.1) is 0 Å². The topological polar surface area (TPSA) is 64.2 Å². The van der Waals surface area contributed by atoms with E-state index in [-0.39, 0.29) is 5.91 Å². The molecule has 1 aromatic carbocycles. The minimum Gasteiger partial charge on any atom is -0.316 e. The number of halogens is 1. The maximum absolute atomic E-state index is 13.1. The summed E-state index contributed by atoms with van der Waals surface area (Å²) >= 11 is 0. The van der Waals surface area contributed by atoms with Crippen molar-refractivity contribution in [2.75, 3.05) is 11.9 Å². The van der Waals surface area contributed by atoms with Crippen LogP contribution in [-0.2, 0) is 11.8 Å². The van der Waals surface area contributed by atoms with Gasteiger partial charge in [-0.05, 0) is 18.2 Å². The number of amides is 1. The van der Waals surface area contributed by atoms with Gasteiger partial charge < -0.3 is 10.6 Å². The molecule has 0 bridgehead atoms. The van der Waals surface area contributed by atoms with E-state index in [1.165, 1.54) is 17.0 Å². The Kier molecular flexibility index (Phi) is 3.62. The summed E-state index contributed by atoms with van der Waals surface area (Å²) in [6, 6.07) is 4.99. The quantitative estimate of drug-likeness (QED) is 0.904. The zero-order chi connectivity index (χ0) is 14.0. The van der Waals surface area contributed by atoms with Crippen LogP contribution in [0, 0.1) is 5.82 Å². The SMILES string of the molecule is CN(C(=O)C(N)c1cnn(C)c1)c1cccc(F)c1. The third kappa shape index (κ3) is 2.79. The van der Waals surface area contributed by atoms with Gasteiger partial charge in [0.1, 0.15) is 11.9 Å². The first kappa shape index (κ1) is 13.2. The number of carbonyl (C=O) groups is 1. The number of aryl methyl sites for hydroxylation is 1. The summed E-state index contributed by atoms with van der Waals surface area (Å²) < 4.78 is 14.7. The zero-order valence-corrected chi connectivity index (χ0v) is 10.7. The van der Waals surface area contributed by atoms with Gasteiger partial charge in [-0.2, -0.15) is 5.10 Å². The largest absolute Gasteiger partial charge is 0.316 e. The fraction of sp³-hybridized carbons (Fsp3) is 0.231. The Hall–Kier alpha value is -2.21. The lowest BCUT2D eigenvalue weighted by atomic mass is 10.1. The number of nitrogens with zero attached hydrogens (tertiary/aromatic N) is 3. The van der Waals surface area contributed by atoms with Crippen LogP contribution in [-0.4, -0.2) is 22.7 Å². The Labute approximate surface area is 110 Å². The second-order valence-electron chi connectivity index (χ2n) is 4.30. The van der Waals surface area contributed by atoms with E-state index >= 15 is 0 Å². The number of aromatic nitrogens is 2. The van der Waals surface area contributed by atoms with Crippen LogP contribution in [0.1, 0.15) is 11.6 Å². The molecule has 0 radical (unpaired) electrons. The molecule has 0 aliphatic rings. The van der Waals surface area contributed by atoms with Crippen molar-refractivity contribution >= 4 is 11.6 Å². The number of carbonyl (C=O) groups excluding carboxylic acids is 1. The van der Waals surface area contributed by atoms with Crippen LogP contribution in [0.2, 0.25) is 0 Å². The summed E-state index contributed by atoms with van der Waals surface area (Å²) in [5.41, 5.74) is 6.97. The molecular formula is C13H15FN4O. The van der Waals surface area contributed by atoms with E-state index in [9.17, 15) is 9.18 Å². The maximum atomic E-state index is 13.1. The van der Waals surface area contributed by atoms with Crippen molar-refractivity contribution in [3.8, 4) is 0 Å². The van der Waals surface area contributed by atoms with Crippen LogP contribution in [0.3, 0.4) is 0 Å². The van der Waals surface area contributed by atoms with Gasteiger partial charge in [-0.3, -0.25) is 9.48 Å². The molecule has 2 N–H and O–H groups in total. The van der Waals surface area contributed by atoms with Gasteiger partial charge >= 0.3 is 0 Å². The van der Waals surface area contributed by atoms with Crippen LogP contribution in [0.5, 0.6) is 0 Å². The van der Waals surface area contributed by atoms with Crippen molar-refractivity contribution < 1.29 is 9.18 Å². The Balaban J connectivity index is 2.19. The van der Waals surface area contributed by atoms with Gasteiger partial charge in [0.05, 0.1) is 6.20 Å². The number of rotatable bonds is 3. The van der Waals surface area contributed by atoms with E-state index in [4.69, 9.17) is 5.73 Å². The van der Waals surface area contributed by atoms with Crippen molar-refractivity contribution in [3.63, 3.8) is 0 Å². The number of benzene rings is 1. The fourth-order valence-electron chi connectivity index (χ4n) is 1.76. The molecule has 0 aliphatic heterocycles. The van der Waals surface area contributed by atoms with Crippen molar-refractivity contribution in [3.05, 3.63) is 48.0 Å². The highest BCUT2D eigenvalue weighted by Gasteiger charge is 2.22. The van der Waals surface area contributed by atoms with Crippen LogP contribution >= 0.6 is 0 Å². The average molecular weight is 262 g/mol. The van der Waals surface area contributed by atoms with E-state index in [1.54, 1.807) is 43.3 Å². The molecule has 1 atom stereocenters. The summed E-state index contributed by atoms with van der Waals surface area (Å²) in [5.74, 6) is -0.717. The summed E-state index contributed by atoms with van der Waals surface area (Å²) in [5, 5.41) is 3.97. The minimum atomic E-state index is -0.818. The molecule has 1 heterocycles. The fourth-order valence-corrected chi connectivity index (χ4v) is 1.76. The number of hydrogen-bond donors (Lipinski definition) is 1. The number of likely N-dealkylation sites (N-methyl/N-ethyl adjacent to an activating group) is 1. The highest BCUT2D eigenvalue weighted by atomic mass is 19.1. The lowest BCUT2D eigenvalue weighted by molar-refractivity contribution is -0.119. The predicted octanol–water partition coefficient (Wildman–Crippen LogP) is 1.22. The minimum absolute atomic E-state index is 0.321. The normalized spacial score (nSPS) is 12.2. The van der Waals surface area contributed by atoms with Gasteiger partial charge in [0.15, 0.2) is 0 Å².